The van der Waals surface area contributed by atoms with Crippen molar-refractivity contribution in [3.63, 3.8) is 0 Å². The van der Waals surface area contributed by atoms with Crippen molar-refractivity contribution in [3.05, 3.63) is 86.7 Å². The Balaban J connectivity index is 1.39. The van der Waals surface area contributed by atoms with Crippen LogP contribution in [0.4, 0.5) is 0 Å². The van der Waals surface area contributed by atoms with Gasteiger partial charge in [-0.25, -0.2) is 4.79 Å². The van der Waals surface area contributed by atoms with Crippen LogP contribution in [-0.4, -0.2) is 36.5 Å². The molecule has 2 aromatic carbocycles. The Kier molecular flexibility index (Phi) is 7.93. The molecule has 7 heteroatoms. The molecule has 0 bridgehead atoms. The van der Waals surface area contributed by atoms with Crippen molar-refractivity contribution >= 4 is 28.5 Å². The fraction of sp³-hybridized carbons (Fsp3) is 0.357. The Bertz CT molecular complexity index is 1280. The molecule has 0 spiro atoms. The number of nitrogens with one attached hydrogen (secondary N) is 1. The van der Waals surface area contributed by atoms with Crippen LogP contribution in [0.2, 0.25) is 5.02 Å². The molecule has 6 nitrogen and oxygen atoms in total. The number of likely N-dealkylation sites (tertiary alicyclic amines) is 1. The summed E-state index contributed by atoms with van der Waals surface area (Å²) in [6.07, 6.45) is 1.73. The molecule has 184 valence electrons. The maximum absolute atomic E-state index is 12.8. The summed E-state index contributed by atoms with van der Waals surface area (Å²) in [5, 5.41) is 4.20. The summed E-state index contributed by atoms with van der Waals surface area (Å²) in [5.74, 6) is 0.252. The second-order valence-electron chi connectivity index (χ2n) is 9.30. The molecule has 0 saturated carbocycles. The Morgan fingerprint density at radius 1 is 1.23 bits per heavy atom. The van der Waals surface area contributed by atoms with Crippen LogP contribution in [0.25, 0.3) is 11.0 Å². The molecule has 3 aromatic rings. The van der Waals surface area contributed by atoms with E-state index in [1.54, 1.807) is 12.1 Å². The molecular formula is C28H31ClN2O4. The lowest BCUT2D eigenvalue weighted by Gasteiger charge is -2.32. The van der Waals surface area contributed by atoms with Gasteiger partial charge in [-0.1, -0.05) is 48.5 Å². The molecule has 1 amide bonds. The van der Waals surface area contributed by atoms with Gasteiger partial charge < -0.3 is 14.5 Å². The molecule has 1 fully saturated rings. The van der Waals surface area contributed by atoms with Crippen molar-refractivity contribution < 1.29 is 13.9 Å². The average Bonchev–Trinajstić information content (AvgIpc) is 2.83. The average molecular weight is 495 g/mol. The number of hydrogen-bond acceptors (Lipinski definition) is 5. The molecule has 1 aliphatic heterocycles. The van der Waals surface area contributed by atoms with E-state index in [2.05, 4.69) is 41.1 Å². The highest BCUT2D eigenvalue weighted by Crippen LogP contribution is 2.32. The first-order valence-electron chi connectivity index (χ1n) is 11.9. The van der Waals surface area contributed by atoms with Crippen LogP contribution in [-0.2, 0) is 17.8 Å². The van der Waals surface area contributed by atoms with E-state index in [-0.39, 0.29) is 18.4 Å². The predicted octanol–water partition coefficient (Wildman–Crippen LogP) is 5.03. The number of nitrogens with zero attached hydrogens (tertiary/aromatic N) is 1. The highest BCUT2D eigenvalue weighted by molar-refractivity contribution is 6.32. The molecule has 1 N–H and O–H groups in total. The zero-order chi connectivity index (χ0) is 24.9. The molecular weight excluding hydrogens is 464 g/mol. The monoisotopic (exact) mass is 494 g/mol. The van der Waals surface area contributed by atoms with Crippen LogP contribution < -0.4 is 15.7 Å². The second-order valence-corrected chi connectivity index (χ2v) is 9.71. The third kappa shape index (κ3) is 6.32. The predicted molar refractivity (Wildman–Crippen MR) is 139 cm³/mol. The smallest absolute Gasteiger partial charge is 0.340 e. The topological polar surface area (TPSA) is 71.8 Å². The third-order valence-electron chi connectivity index (χ3n) is 6.35. The summed E-state index contributed by atoms with van der Waals surface area (Å²) >= 11 is 6.39. The van der Waals surface area contributed by atoms with Gasteiger partial charge in [-0.15, -0.1) is 0 Å². The zero-order valence-electron chi connectivity index (χ0n) is 20.2. The number of hydrogen-bond donors (Lipinski definition) is 1. The lowest BCUT2D eigenvalue weighted by Crippen LogP contribution is -2.45. The van der Waals surface area contributed by atoms with Crippen LogP contribution in [0.15, 0.2) is 63.8 Å². The number of benzene rings is 2. The highest BCUT2D eigenvalue weighted by Gasteiger charge is 2.22. The van der Waals surface area contributed by atoms with E-state index in [4.69, 9.17) is 20.8 Å². The SMILES string of the molecule is C=C(C)COc1cc2oc(=O)c(CC(=O)NC3CCN(Cc4ccccc4)CC3)c(C)c2cc1Cl. The molecule has 0 unspecified atom stereocenters. The minimum absolute atomic E-state index is 0.0279. The van der Waals surface area contributed by atoms with Crippen LogP contribution in [0.3, 0.4) is 0 Å². The van der Waals surface area contributed by atoms with Gasteiger partial charge in [0, 0.05) is 37.1 Å². The number of amides is 1. The van der Waals surface area contributed by atoms with E-state index in [0.717, 1.165) is 38.0 Å². The molecule has 1 saturated heterocycles. The van der Waals surface area contributed by atoms with E-state index >= 15 is 0 Å². The van der Waals surface area contributed by atoms with Crippen molar-refractivity contribution in [1.29, 1.82) is 0 Å². The Morgan fingerprint density at radius 3 is 2.63 bits per heavy atom. The van der Waals surface area contributed by atoms with Gasteiger partial charge in [-0.05, 0) is 49.5 Å². The number of rotatable bonds is 8. The first kappa shape index (κ1) is 25.0. The molecule has 0 atom stereocenters. The first-order chi connectivity index (χ1) is 16.8. The molecule has 35 heavy (non-hydrogen) atoms. The number of ether oxygens (including phenoxy) is 1. The number of carbonyl (C=O) groups excluding carboxylic acids is 1. The van der Waals surface area contributed by atoms with E-state index in [0.29, 0.717) is 39.5 Å². The van der Waals surface area contributed by atoms with Crippen molar-refractivity contribution in [2.75, 3.05) is 19.7 Å². The second kappa shape index (κ2) is 11.1. The lowest BCUT2D eigenvalue weighted by molar-refractivity contribution is -0.121. The van der Waals surface area contributed by atoms with Gasteiger partial charge in [0.1, 0.15) is 17.9 Å². The van der Waals surface area contributed by atoms with E-state index in [1.165, 1.54) is 5.56 Å². The summed E-state index contributed by atoms with van der Waals surface area (Å²) in [7, 11) is 0. The van der Waals surface area contributed by atoms with Gasteiger partial charge in [0.25, 0.3) is 0 Å². The van der Waals surface area contributed by atoms with Crippen LogP contribution in [0, 0.1) is 6.92 Å². The fourth-order valence-corrected chi connectivity index (χ4v) is 4.64. The molecule has 0 aliphatic carbocycles. The van der Waals surface area contributed by atoms with E-state index in [1.807, 2.05) is 19.9 Å². The van der Waals surface area contributed by atoms with Crippen LogP contribution in [0.5, 0.6) is 5.75 Å². The summed E-state index contributed by atoms with van der Waals surface area (Å²) in [6, 6.07) is 13.8. The summed E-state index contributed by atoms with van der Waals surface area (Å²) in [4.78, 5) is 27.9. The standard InChI is InChI=1S/C28H31ClN2O4/c1-18(2)17-34-26-15-25-22(13-24(26)29)19(3)23(28(33)35-25)14-27(32)30-21-9-11-31(12-10-21)16-20-7-5-4-6-8-20/h4-8,13,15,21H,1,9-12,14,16-17H2,2-3H3,(H,30,32). The highest BCUT2D eigenvalue weighted by atomic mass is 35.5. The van der Waals surface area contributed by atoms with Gasteiger partial charge >= 0.3 is 5.63 Å². The van der Waals surface area contributed by atoms with Crippen LogP contribution in [0.1, 0.15) is 36.5 Å². The maximum atomic E-state index is 12.8. The minimum atomic E-state index is -0.518. The molecule has 2 heterocycles. The van der Waals surface area contributed by atoms with Crippen molar-refractivity contribution in [3.8, 4) is 5.75 Å². The van der Waals surface area contributed by atoms with Crippen molar-refractivity contribution in [1.82, 2.24) is 10.2 Å². The van der Waals surface area contributed by atoms with Gasteiger partial charge in [-0.3, -0.25) is 9.69 Å². The summed E-state index contributed by atoms with van der Waals surface area (Å²) < 4.78 is 11.2. The largest absolute Gasteiger partial charge is 0.488 e. The Hall–Kier alpha value is -3.09. The zero-order valence-corrected chi connectivity index (χ0v) is 21.0. The Morgan fingerprint density at radius 2 is 1.94 bits per heavy atom. The molecule has 0 radical (unpaired) electrons. The molecule has 4 rings (SSSR count). The first-order valence-corrected chi connectivity index (χ1v) is 12.3. The van der Waals surface area contributed by atoms with Gasteiger partial charge in [0.15, 0.2) is 0 Å². The summed E-state index contributed by atoms with van der Waals surface area (Å²) in [6.45, 7) is 10.6. The van der Waals surface area contributed by atoms with E-state index in [9.17, 15) is 9.59 Å². The quantitative estimate of drug-likeness (QED) is 0.351. The maximum Gasteiger partial charge on any atom is 0.340 e. The van der Waals surface area contributed by atoms with Gasteiger partial charge in [0.2, 0.25) is 5.91 Å². The third-order valence-corrected chi connectivity index (χ3v) is 6.65. The van der Waals surface area contributed by atoms with Crippen molar-refractivity contribution in [2.45, 2.75) is 45.7 Å². The van der Waals surface area contributed by atoms with E-state index < -0.39 is 5.63 Å². The molecule has 1 aromatic heterocycles. The number of piperidine rings is 1. The Labute approximate surface area is 210 Å². The minimum Gasteiger partial charge on any atom is -0.488 e. The number of aryl methyl sites for hydroxylation is 1. The number of fused-ring (bicyclic) bond motifs is 1. The van der Waals surface area contributed by atoms with Crippen molar-refractivity contribution in [2.24, 2.45) is 0 Å². The summed E-state index contributed by atoms with van der Waals surface area (Å²) in [5.41, 5.74) is 3.05. The number of halogens is 1. The fourth-order valence-electron chi connectivity index (χ4n) is 4.42. The number of carbonyl (C=O) groups is 1. The van der Waals surface area contributed by atoms with Gasteiger partial charge in [-0.2, -0.15) is 0 Å². The lowest BCUT2D eigenvalue weighted by atomic mass is 10.0. The van der Waals surface area contributed by atoms with Crippen LogP contribution >= 0.6 is 11.6 Å². The molecule has 1 aliphatic rings. The normalized spacial score (nSPS) is 14.7. The van der Waals surface area contributed by atoms with Gasteiger partial charge in [0.05, 0.1) is 17.0 Å².